The Labute approximate surface area is 125 Å². The molecule has 0 saturated carbocycles. The molecule has 1 aromatic carbocycles. The van der Waals surface area contributed by atoms with E-state index in [1.165, 1.54) is 17.7 Å². The van der Waals surface area contributed by atoms with Gasteiger partial charge >= 0.3 is 0 Å². The second-order valence-corrected chi connectivity index (χ2v) is 4.93. The Bertz CT molecular complexity index is 537. The van der Waals surface area contributed by atoms with Gasteiger partial charge in [0.2, 0.25) is 0 Å². The molecule has 2 aromatic rings. The first kappa shape index (κ1) is 15.4. The lowest BCUT2D eigenvalue weighted by Crippen LogP contribution is -2.22. The van der Waals surface area contributed by atoms with E-state index in [0.29, 0.717) is 0 Å². The van der Waals surface area contributed by atoms with Crippen molar-refractivity contribution in [3.63, 3.8) is 0 Å². The van der Waals surface area contributed by atoms with Crippen LogP contribution in [0.5, 0.6) is 0 Å². The van der Waals surface area contributed by atoms with Gasteiger partial charge in [-0.15, -0.1) is 0 Å². The number of nitrogens with one attached hydrogen (secondary N) is 1. The summed E-state index contributed by atoms with van der Waals surface area (Å²) in [7, 11) is 0. The largest absolute Gasteiger partial charge is 0.366 e. The van der Waals surface area contributed by atoms with Crippen LogP contribution in [0.25, 0.3) is 0 Å². The molecule has 112 valence electrons. The van der Waals surface area contributed by atoms with Gasteiger partial charge in [-0.2, -0.15) is 0 Å². The average molecular weight is 287 g/mol. The summed E-state index contributed by atoms with van der Waals surface area (Å²) in [4.78, 5) is 6.68. The van der Waals surface area contributed by atoms with E-state index in [9.17, 15) is 4.39 Å². The van der Waals surface area contributed by atoms with Gasteiger partial charge in [-0.3, -0.25) is 4.98 Å². The van der Waals surface area contributed by atoms with E-state index in [2.05, 4.69) is 41.2 Å². The highest BCUT2D eigenvalue weighted by molar-refractivity contribution is 5.46. The van der Waals surface area contributed by atoms with Crippen molar-refractivity contribution < 1.29 is 4.39 Å². The number of pyridine rings is 1. The molecule has 0 radical (unpaired) electrons. The Morgan fingerprint density at radius 1 is 1.10 bits per heavy atom. The summed E-state index contributed by atoms with van der Waals surface area (Å²) < 4.78 is 13.0. The van der Waals surface area contributed by atoms with Crippen molar-refractivity contribution in [1.82, 2.24) is 10.3 Å². The number of anilines is 1. The lowest BCUT2D eigenvalue weighted by atomic mass is 10.2. The maximum atomic E-state index is 13.0. The molecule has 0 aliphatic rings. The Morgan fingerprint density at radius 3 is 2.43 bits per heavy atom. The van der Waals surface area contributed by atoms with E-state index < -0.39 is 0 Å². The van der Waals surface area contributed by atoms with E-state index in [1.54, 1.807) is 12.1 Å². The highest BCUT2D eigenvalue weighted by Gasteiger charge is 2.06. The molecule has 3 nitrogen and oxygen atoms in total. The Kier molecular flexibility index (Phi) is 5.69. The van der Waals surface area contributed by atoms with E-state index in [1.807, 2.05) is 6.20 Å². The monoisotopic (exact) mass is 287 g/mol. The average Bonchev–Trinajstić information content (AvgIpc) is 2.53. The van der Waals surface area contributed by atoms with Gasteiger partial charge in [-0.1, -0.05) is 13.0 Å². The summed E-state index contributed by atoms with van der Waals surface area (Å²) in [6, 6.07) is 10.7. The zero-order chi connectivity index (χ0) is 15.1. The zero-order valence-electron chi connectivity index (χ0n) is 12.6. The molecule has 0 aliphatic carbocycles. The van der Waals surface area contributed by atoms with Crippen LogP contribution < -0.4 is 10.2 Å². The topological polar surface area (TPSA) is 28.2 Å². The number of hydrogen-bond acceptors (Lipinski definition) is 3. The standard InChI is InChI=1S/C17H22FN3/c1-3-19-11-14-5-8-16(20-12-14)13-21(4-2)17-9-6-15(18)7-10-17/h5-10,12,19H,3-4,11,13H2,1-2H3. The number of benzene rings is 1. The smallest absolute Gasteiger partial charge is 0.123 e. The molecule has 1 aromatic heterocycles. The molecular formula is C17H22FN3. The second kappa shape index (κ2) is 7.74. The normalized spacial score (nSPS) is 10.6. The summed E-state index contributed by atoms with van der Waals surface area (Å²) in [5.74, 6) is -0.208. The number of halogens is 1. The minimum absolute atomic E-state index is 0.208. The predicted octanol–water partition coefficient (Wildman–Crippen LogP) is 3.36. The predicted molar refractivity (Wildman–Crippen MR) is 84.7 cm³/mol. The van der Waals surface area contributed by atoms with Crippen LogP contribution in [0.2, 0.25) is 0 Å². The SMILES string of the molecule is CCNCc1ccc(CN(CC)c2ccc(F)cc2)nc1. The number of nitrogens with zero attached hydrogens (tertiary/aromatic N) is 2. The van der Waals surface area contributed by atoms with Crippen molar-refractivity contribution in [3.8, 4) is 0 Å². The van der Waals surface area contributed by atoms with Gasteiger partial charge < -0.3 is 10.2 Å². The van der Waals surface area contributed by atoms with E-state index >= 15 is 0 Å². The Hall–Kier alpha value is -1.94. The maximum absolute atomic E-state index is 13.0. The molecule has 4 heteroatoms. The molecule has 2 rings (SSSR count). The summed E-state index contributed by atoms with van der Waals surface area (Å²) >= 11 is 0. The van der Waals surface area contributed by atoms with Crippen LogP contribution >= 0.6 is 0 Å². The van der Waals surface area contributed by atoms with Crippen molar-refractivity contribution in [2.24, 2.45) is 0 Å². The third kappa shape index (κ3) is 4.53. The number of hydrogen-bond donors (Lipinski definition) is 1. The molecule has 0 fully saturated rings. The summed E-state index contributed by atoms with van der Waals surface area (Å²) in [5, 5.41) is 3.28. The zero-order valence-corrected chi connectivity index (χ0v) is 12.6. The Morgan fingerprint density at radius 2 is 1.86 bits per heavy atom. The molecular weight excluding hydrogens is 265 g/mol. The van der Waals surface area contributed by atoms with Gasteiger partial charge in [0.15, 0.2) is 0 Å². The fraction of sp³-hybridized carbons (Fsp3) is 0.353. The van der Waals surface area contributed by atoms with Gasteiger partial charge in [-0.25, -0.2) is 4.39 Å². The number of aromatic nitrogens is 1. The van der Waals surface area contributed by atoms with Crippen molar-refractivity contribution >= 4 is 5.69 Å². The summed E-state index contributed by atoms with van der Waals surface area (Å²) in [6.07, 6.45) is 1.91. The van der Waals surface area contributed by atoms with Gasteiger partial charge in [-0.05, 0) is 49.4 Å². The fourth-order valence-corrected chi connectivity index (χ4v) is 2.16. The van der Waals surface area contributed by atoms with Crippen LogP contribution in [0.3, 0.4) is 0 Å². The summed E-state index contributed by atoms with van der Waals surface area (Å²) in [6.45, 7) is 7.55. The lowest BCUT2D eigenvalue weighted by molar-refractivity contribution is 0.627. The van der Waals surface area contributed by atoms with Crippen LogP contribution in [0.4, 0.5) is 10.1 Å². The lowest BCUT2D eigenvalue weighted by Gasteiger charge is -2.22. The van der Waals surface area contributed by atoms with Crippen molar-refractivity contribution in [2.45, 2.75) is 26.9 Å². The van der Waals surface area contributed by atoms with Gasteiger partial charge in [0.1, 0.15) is 5.82 Å². The molecule has 0 bridgehead atoms. The highest BCUT2D eigenvalue weighted by Crippen LogP contribution is 2.17. The van der Waals surface area contributed by atoms with Crippen LogP contribution in [-0.4, -0.2) is 18.1 Å². The quantitative estimate of drug-likeness (QED) is 0.846. The minimum atomic E-state index is -0.208. The van der Waals surface area contributed by atoms with Crippen molar-refractivity contribution in [1.29, 1.82) is 0 Å². The molecule has 0 unspecified atom stereocenters. The van der Waals surface area contributed by atoms with Gasteiger partial charge in [0.25, 0.3) is 0 Å². The third-order valence-electron chi connectivity index (χ3n) is 3.39. The Balaban J connectivity index is 2.02. The van der Waals surface area contributed by atoms with Crippen LogP contribution in [0, 0.1) is 5.82 Å². The van der Waals surface area contributed by atoms with Gasteiger partial charge in [0, 0.05) is 25.0 Å². The second-order valence-electron chi connectivity index (χ2n) is 4.93. The van der Waals surface area contributed by atoms with E-state index in [4.69, 9.17) is 0 Å². The molecule has 0 saturated heterocycles. The van der Waals surface area contributed by atoms with E-state index in [-0.39, 0.29) is 5.82 Å². The first-order chi connectivity index (χ1) is 10.2. The first-order valence-corrected chi connectivity index (χ1v) is 7.38. The maximum Gasteiger partial charge on any atom is 0.123 e. The molecule has 0 spiro atoms. The highest BCUT2D eigenvalue weighted by atomic mass is 19.1. The van der Waals surface area contributed by atoms with Crippen LogP contribution in [0.15, 0.2) is 42.6 Å². The van der Waals surface area contributed by atoms with Crippen LogP contribution in [-0.2, 0) is 13.1 Å². The third-order valence-corrected chi connectivity index (χ3v) is 3.39. The fourth-order valence-electron chi connectivity index (χ4n) is 2.16. The van der Waals surface area contributed by atoms with E-state index in [0.717, 1.165) is 37.6 Å². The molecule has 21 heavy (non-hydrogen) atoms. The van der Waals surface area contributed by atoms with Crippen molar-refractivity contribution in [2.75, 3.05) is 18.0 Å². The number of rotatable bonds is 7. The molecule has 1 N–H and O–H groups in total. The van der Waals surface area contributed by atoms with Crippen molar-refractivity contribution in [3.05, 3.63) is 59.7 Å². The molecule has 1 heterocycles. The summed E-state index contributed by atoms with van der Waals surface area (Å²) in [5.41, 5.74) is 3.21. The van der Waals surface area contributed by atoms with Gasteiger partial charge in [0.05, 0.1) is 12.2 Å². The van der Waals surface area contributed by atoms with Crippen LogP contribution in [0.1, 0.15) is 25.1 Å². The molecule has 0 atom stereocenters. The molecule has 0 aliphatic heterocycles. The molecule has 0 amide bonds. The minimum Gasteiger partial charge on any atom is -0.366 e. The first-order valence-electron chi connectivity index (χ1n) is 7.38.